The molecule has 0 unspecified atom stereocenters. The van der Waals surface area contributed by atoms with Crippen LogP contribution in [-0.4, -0.2) is 54.6 Å². The largest absolute Gasteiger partial charge is 0.383 e. The van der Waals surface area contributed by atoms with E-state index in [0.29, 0.717) is 41.0 Å². The number of nitrogens with zero attached hydrogens (tertiary/aromatic N) is 5. The summed E-state index contributed by atoms with van der Waals surface area (Å²) in [4.78, 5) is 6.59. The Bertz CT molecular complexity index is 1490. The standard InChI is InChI=1S/C23H25FN6O3S/c1-28-14-17(16-13-20-15(12-18(16)24)5-9-30(20)10-11-33-3)22-19(4-7-25-23(22)28)27-34(31,32)21-6-8-29(2)26-21/h4,6-8,12-14H,5,9-11H2,1-3H3,(H,25,27). The third-order valence-corrected chi connectivity index (χ3v) is 7.34. The van der Waals surface area contributed by atoms with E-state index in [-0.39, 0.29) is 10.8 Å². The number of halogens is 1. The van der Waals surface area contributed by atoms with Crippen LogP contribution < -0.4 is 9.62 Å². The van der Waals surface area contributed by atoms with Crippen molar-refractivity contribution in [1.29, 1.82) is 0 Å². The Morgan fingerprint density at radius 3 is 2.76 bits per heavy atom. The summed E-state index contributed by atoms with van der Waals surface area (Å²) in [5.41, 5.74) is 3.70. The van der Waals surface area contributed by atoms with Crippen molar-refractivity contribution in [2.45, 2.75) is 11.4 Å². The van der Waals surface area contributed by atoms with Gasteiger partial charge in [0.15, 0.2) is 5.03 Å². The predicted octanol–water partition coefficient (Wildman–Crippen LogP) is 2.92. The molecule has 4 aromatic rings. The summed E-state index contributed by atoms with van der Waals surface area (Å²) in [6.45, 7) is 2.08. The monoisotopic (exact) mass is 484 g/mol. The normalized spacial score (nSPS) is 13.6. The summed E-state index contributed by atoms with van der Waals surface area (Å²) in [6, 6.07) is 6.40. The van der Waals surface area contributed by atoms with E-state index in [0.717, 1.165) is 24.2 Å². The van der Waals surface area contributed by atoms with Crippen molar-refractivity contribution in [1.82, 2.24) is 19.3 Å². The number of pyridine rings is 1. The highest BCUT2D eigenvalue weighted by Gasteiger charge is 2.25. The van der Waals surface area contributed by atoms with Gasteiger partial charge in [0.1, 0.15) is 11.5 Å². The van der Waals surface area contributed by atoms with Crippen molar-refractivity contribution in [3.8, 4) is 11.1 Å². The summed E-state index contributed by atoms with van der Waals surface area (Å²) in [7, 11) is 1.15. The summed E-state index contributed by atoms with van der Waals surface area (Å²) in [5, 5.41) is 4.42. The summed E-state index contributed by atoms with van der Waals surface area (Å²) >= 11 is 0. The molecule has 3 aromatic heterocycles. The lowest BCUT2D eigenvalue weighted by atomic mass is 10.0. The van der Waals surface area contributed by atoms with Gasteiger partial charge in [-0.25, -0.2) is 9.37 Å². The second-order valence-corrected chi connectivity index (χ2v) is 9.96. The molecule has 1 aliphatic heterocycles. The maximum Gasteiger partial charge on any atom is 0.281 e. The van der Waals surface area contributed by atoms with Gasteiger partial charge in [-0.1, -0.05) is 0 Å². The minimum Gasteiger partial charge on any atom is -0.383 e. The van der Waals surface area contributed by atoms with Crippen LogP contribution in [0.5, 0.6) is 0 Å². The van der Waals surface area contributed by atoms with Crippen LogP contribution in [0.25, 0.3) is 22.2 Å². The molecule has 0 spiro atoms. The van der Waals surface area contributed by atoms with Crippen molar-refractivity contribution in [3.05, 3.63) is 54.2 Å². The van der Waals surface area contributed by atoms with Gasteiger partial charge in [0.2, 0.25) is 0 Å². The zero-order valence-corrected chi connectivity index (χ0v) is 19.9. The number of ether oxygens (including phenoxy) is 1. The van der Waals surface area contributed by atoms with Gasteiger partial charge < -0.3 is 14.2 Å². The molecule has 4 heterocycles. The molecular formula is C23H25FN6O3S. The first kappa shape index (κ1) is 22.4. The van der Waals surface area contributed by atoms with Crippen LogP contribution in [0.4, 0.5) is 15.8 Å². The summed E-state index contributed by atoms with van der Waals surface area (Å²) in [6.07, 6.45) is 5.62. The molecule has 34 heavy (non-hydrogen) atoms. The topological polar surface area (TPSA) is 94.3 Å². The minimum atomic E-state index is -3.95. The number of nitrogens with one attached hydrogen (secondary N) is 1. The number of hydrogen-bond acceptors (Lipinski definition) is 6. The highest BCUT2D eigenvalue weighted by atomic mass is 32.2. The molecule has 0 atom stereocenters. The van der Waals surface area contributed by atoms with Crippen molar-refractivity contribution >= 4 is 32.4 Å². The Morgan fingerprint density at radius 1 is 1.21 bits per heavy atom. The molecule has 0 bridgehead atoms. The smallest absolute Gasteiger partial charge is 0.281 e. The molecule has 0 radical (unpaired) electrons. The van der Waals surface area contributed by atoms with Gasteiger partial charge in [-0.05, 0) is 36.2 Å². The number of sulfonamides is 1. The van der Waals surface area contributed by atoms with E-state index in [1.54, 1.807) is 50.3 Å². The molecule has 0 fully saturated rings. The molecule has 0 aliphatic carbocycles. The van der Waals surface area contributed by atoms with Crippen LogP contribution in [-0.2, 0) is 35.3 Å². The highest BCUT2D eigenvalue weighted by Crippen LogP contribution is 2.40. The summed E-state index contributed by atoms with van der Waals surface area (Å²) < 4.78 is 52.3. The van der Waals surface area contributed by atoms with Gasteiger partial charge in [0.25, 0.3) is 10.0 Å². The molecule has 0 saturated carbocycles. The van der Waals surface area contributed by atoms with Crippen LogP contribution in [0.15, 0.2) is 47.9 Å². The zero-order chi connectivity index (χ0) is 24.0. The lowest BCUT2D eigenvalue weighted by Gasteiger charge is -2.19. The quantitative estimate of drug-likeness (QED) is 0.434. The van der Waals surface area contributed by atoms with Crippen molar-refractivity contribution < 1.29 is 17.5 Å². The second kappa shape index (κ2) is 8.41. The third-order valence-electron chi connectivity index (χ3n) is 6.08. The van der Waals surface area contributed by atoms with Crippen LogP contribution in [0, 0.1) is 5.82 Å². The van der Waals surface area contributed by atoms with E-state index in [9.17, 15) is 8.42 Å². The number of hydrogen-bond donors (Lipinski definition) is 1. The van der Waals surface area contributed by atoms with Gasteiger partial charge in [-0.15, -0.1) is 0 Å². The summed E-state index contributed by atoms with van der Waals surface area (Å²) in [5.74, 6) is -0.359. The van der Waals surface area contributed by atoms with E-state index in [4.69, 9.17) is 4.74 Å². The fourth-order valence-corrected chi connectivity index (χ4v) is 5.48. The lowest BCUT2D eigenvalue weighted by molar-refractivity contribution is 0.205. The number of methoxy groups -OCH3 is 1. The second-order valence-electron chi connectivity index (χ2n) is 8.33. The third kappa shape index (κ3) is 3.80. The lowest BCUT2D eigenvalue weighted by Crippen LogP contribution is -2.24. The predicted molar refractivity (Wildman–Crippen MR) is 128 cm³/mol. The molecule has 9 nitrogen and oxygen atoms in total. The SMILES string of the molecule is COCCN1CCc2cc(F)c(-c3cn(C)c4nccc(NS(=O)(=O)c5ccn(C)n5)c34)cc21. The van der Waals surface area contributed by atoms with Gasteiger partial charge in [-0.2, -0.15) is 13.5 Å². The molecule has 0 saturated heterocycles. The first-order valence-electron chi connectivity index (χ1n) is 10.8. The zero-order valence-electron chi connectivity index (χ0n) is 19.1. The van der Waals surface area contributed by atoms with E-state index in [1.807, 2.05) is 6.07 Å². The van der Waals surface area contributed by atoms with Crippen LogP contribution >= 0.6 is 0 Å². The Hall–Kier alpha value is -3.44. The maximum atomic E-state index is 15.4. The van der Waals surface area contributed by atoms with Crippen molar-refractivity contribution in [3.63, 3.8) is 0 Å². The van der Waals surface area contributed by atoms with Crippen molar-refractivity contribution in [2.75, 3.05) is 36.4 Å². The number of aryl methyl sites for hydroxylation is 2. The number of rotatable bonds is 7. The van der Waals surface area contributed by atoms with E-state index >= 15 is 4.39 Å². The molecule has 1 N–H and O–H groups in total. The Balaban J connectivity index is 1.63. The Labute approximate surface area is 196 Å². The van der Waals surface area contributed by atoms with Crippen LogP contribution in [0.3, 0.4) is 0 Å². The average Bonchev–Trinajstić information content (AvgIpc) is 3.49. The van der Waals surface area contributed by atoms with Gasteiger partial charge in [-0.3, -0.25) is 9.40 Å². The number of anilines is 2. The van der Waals surface area contributed by atoms with E-state index in [1.165, 1.54) is 16.9 Å². The first-order valence-corrected chi connectivity index (χ1v) is 12.3. The fourth-order valence-electron chi connectivity index (χ4n) is 4.44. The molecular weight excluding hydrogens is 459 g/mol. The minimum absolute atomic E-state index is 0.102. The Kier molecular flexibility index (Phi) is 5.53. The van der Waals surface area contributed by atoms with Gasteiger partial charge in [0.05, 0.1) is 17.7 Å². The molecule has 178 valence electrons. The van der Waals surface area contributed by atoms with Gasteiger partial charge >= 0.3 is 0 Å². The molecule has 5 rings (SSSR count). The molecule has 11 heteroatoms. The van der Waals surface area contributed by atoms with Crippen molar-refractivity contribution in [2.24, 2.45) is 14.1 Å². The van der Waals surface area contributed by atoms with E-state index < -0.39 is 10.0 Å². The van der Waals surface area contributed by atoms with Crippen LogP contribution in [0.2, 0.25) is 0 Å². The van der Waals surface area contributed by atoms with Crippen LogP contribution in [0.1, 0.15) is 5.56 Å². The first-order chi connectivity index (χ1) is 16.3. The maximum absolute atomic E-state index is 15.4. The highest BCUT2D eigenvalue weighted by molar-refractivity contribution is 7.92. The number of benzene rings is 1. The van der Waals surface area contributed by atoms with E-state index in [2.05, 4.69) is 19.7 Å². The average molecular weight is 485 g/mol. The number of fused-ring (bicyclic) bond motifs is 2. The molecule has 0 amide bonds. The number of aromatic nitrogens is 4. The Morgan fingerprint density at radius 2 is 2.03 bits per heavy atom. The van der Waals surface area contributed by atoms with Gasteiger partial charge in [0, 0.05) is 69.7 Å². The molecule has 1 aromatic carbocycles. The fraction of sp³-hybridized carbons (Fsp3) is 0.304. The molecule has 1 aliphatic rings.